The average molecular weight is 454 g/mol. The molecule has 0 saturated carbocycles. The highest BCUT2D eigenvalue weighted by molar-refractivity contribution is 8.00. The number of carbonyl (C=O) groups is 5. The molecule has 3 rings (SSSR count). The Labute approximate surface area is 176 Å². The molecule has 0 spiro atoms. The molecule has 2 aliphatic rings. The first kappa shape index (κ1) is 21.3. The maximum absolute atomic E-state index is 12.8. The molecule has 15 heteroatoms. The number of thioether (sulfide) groups is 1. The Bertz CT molecular complexity index is 974. The Morgan fingerprint density at radius 3 is 2.90 bits per heavy atom. The molecule has 2 atom stereocenters. The Morgan fingerprint density at radius 1 is 1.47 bits per heavy atom. The molecule has 0 bridgehead atoms. The van der Waals surface area contributed by atoms with Gasteiger partial charge in [-0.2, -0.15) is 0 Å². The van der Waals surface area contributed by atoms with Gasteiger partial charge in [-0.05, 0) is 6.08 Å². The van der Waals surface area contributed by atoms with Gasteiger partial charge in [-0.25, -0.2) is 9.78 Å². The van der Waals surface area contributed by atoms with Crippen molar-refractivity contribution in [3.05, 3.63) is 22.8 Å². The van der Waals surface area contributed by atoms with E-state index in [2.05, 4.69) is 20.8 Å². The lowest BCUT2D eigenvalue weighted by Gasteiger charge is -2.48. The van der Waals surface area contributed by atoms with Gasteiger partial charge in [-0.3, -0.25) is 24.1 Å². The van der Waals surface area contributed by atoms with Crippen molar-refractivity contribution >= 4 is 64.0 Å². The highest BCUT2D eigenvalue weighted by Crippen LogP contribution is 2.37. The zero-order valence-corrected chi connectivity index (χ0v) is 16.6. The molecule has 1 aromatic rings. The summed E-state index contributed by atoms with van der Waals surface area (Å²) in [5.41, 5.74) is 4.50. The van der Waals surface area contributed by atoms with Crippen LogP contribution >= 0.6 is 23.1 Å². The molecule has 0 aromatic carbocycles. The number of thiazole rings is 1. The van der Waals surface area contributed by atoms with Gasteiger partial charge in [0.2, 0.25) is 6.41 Å². The van der Waals surface area contributed by atoms with Crippen LogP contribution in [0.1, 0.15) is 5.69 Å². The lowest BCUT2D eigenvalue weighted by atomic mass is 10.0. The van der Waals surface area contributed by atoms with E-state index in [9.17, 15) is 29.1 Å². The van der Waals surface area contributed by atoms with Crippen molar-refractivity contribution in [3.63, 3.8) is 0 Å². The number of oxime groups is 1. The lowest BCUT2D eigenvalue weighted by molar-refractivity contribution is -0.150. The van der Waals surface area contributed by atoms with E-state index in [4.69, 9.17) is 10.6 Å². The van der Waals surface area contributed by atoms with Gasteiger partial charge < -0.3 is 26.3 Å². The van der Waals surface area contributed by atoms with Crippen LogP contribution in [0.2, 0.25) is 0 Å². The SMILES string of the molecule is NC(=O)CON=C(C(=O)NC1C(=O)N2C(C(=O)O)=CCS[C@@H]12)c1csc(NC=O)n1. The molecule has 30 heavy (non-hydrogen) atoms. The molecular weight excluding hydrogens is 440 g/mol. The maximum Gasteiger partial charge on any atom is 0.352 e. The molecule has 0 aliphatic carbocycles. The van der Waals surface area contributed by atoms with Crippen LogP contribution in [-0.2, 0) is 28.8 Å². The number of amides is 4. The number of aromatic nitrogens is 1. The third kappa shape index (κ3) is 4.25. The molecule has 1 unspecified atom stereocenters. The van der Waals surface area contributed by atoms with Crippen LogP contribution < -0.4 is 16.4 Å². The molecule has 158 valence electrons. The van der Waals surface area contributed by atoms with Crippen LogP contribution in [0.15, 0.2) is 22.3 Å². The number of hydrogen-bond acceptors (Lipinski definition) is 10. The summed E-state index contributed by atoms with van der Waals surface area (Å²) in [5.74, 6) is -3.13. The summed E-state index contributed by atoms with van der Waals surface area (Å²) < 4.78 is 0. The Hall–Kier alpha value is -3.46. The van der Waals surface area contributed by atoms with Gasteiger partial charge in [0.15, 0.2) is 17.5 Å². The van der Waals surface area contributed by atoms with E-state index in [1.54, 1.807) is 0 Å². The van der Waals surface area contributed by atoms with E-state index in [1.165, 1.54) is 23.2 Å². The van der Waals surface area contributed by atoms with Crippen LogP contribution in [0.3, 0.4) is 0 Å². The van der Waals surface area contributed by atoms with Gasteiger partial charge >= 0.3 is 5.97 Å². The summed E-state index contributed by atoms with van der Waals surface area (Å²) in [6.07, 6.45) is 1.82. The number of anilines is 1. The van der Waals surface area contributed by atoms with E-state index in [0.29, 0.717) is 12.2 Å². The highest BCUT2D eigenvalue weighted by Gasteiger charge is 2.53. The van der Waals surface area contributed by atoms with Crippen molar-refractivity contribution in [2.24, 2.45) is 10.9 Å². The third-order valence-electron chi connectivity index (χ3n) is 3.86. The normalized spacial score (nSPS) is 20.4. The van der Waals surface area contributed by atoms with Crippen molar-refractivity contribution in [2.45, 2.75) is 11.4 Å². The number of carbonyl (C=O) groups excluding carboxylic acids is 4. The van der Waals surface area contributed by atoms with E-state index in [0.717, 1.165) is 16.2 Å². The average Bonchev–Trinajstić information content (AvgIpc) is 3.16. The third-order valence-corrected chi connectivity index (χ3v) is 5.82. The van der Waals surface area contributed by atoms with Crippen molar-refractivity contribution in [2.75, 3.05) is 17.7 Å². The van der Waals surface area contributed by atoms with E-state index >= 15 is 0 Å². The first-order chi connectivity index (χ1) is 14.3. The number of aliphatic carboxylic acids is 1. The Balaban J connectivity index is 1.77. The Kier molecular flexibility index (Phi) is 6.31. The lowest BCUT2D eigenvalue weighted by Crippen LogP contribution is -2.70. The van der Waals surface area contributed by atoms with Crippen LogP contribution in [0, 0.1) is 0 Å². The van der Waals surface area contributed by atoms with Crippen LogP contribution in [0.25, 0.3) is 0 Å². The molecule has 3 heterocycles. The zero-order chi connectivity index (χ0) is 21.8. The number of carboxylic acid groups (broad SMARTS) is 1. The minimum absolute atomic E-state index is 0.0253. The second-order valence-electron chi connectivity index (χ2n) is 5.76. The minimum Gasteiger partial charge on any atom is -0.477 e. The van der Waals surface area contributed by atoms with Gasteiger partial charge in [0, 0.05) is 11.1 Å². The standard InChI is InChI=1S/C15H14N6O7S2/c16-8(23)3-28-20-9(6-4-30-15(18-6)17-5-22)11(24)19-10-12(25)21-7(14(26)27)1-2-29-13(10)21/h1,4-5,10,13H,2-3H2,(H2,16,23)(H,19,24)(H,26,27)(H,17,18,22)/t10?,13-/m0/s1. The van der Waals surface area contributed by atoms with Crippen LogP contribution in [0.4, 0.5) is 5.13 Å². The zero-order valence-electron chi connectivity index (χ0n) is 14.9. The summed E-state index contributed by atoms with van der Waals surface area (Å²) in [4.78, 5) is 67.7. The Morgan fingerprint density at radius 2 is 2.23 bits per heavy atom. The fourth-order valence-corrected chi connectivity index (χ4v) is 4.46. The highest BCUT2D eigenvalue weighted by atomic mass is 32.2. The molecular formula is C15H14N6O7S2. The fourth-order valence-electron chi connectivity index (χ4n) is 2.61. The number of rotatable bonds is 9. The van der Waals surface area contributed by atoms with Gasteiger partial charge in [0.25, 0.3) is 17.7 Å². The molecule has 1 aromatic heterocycles. The molecule has 2 aliphatic heterocycles. The van der Waals surface area contributed by atoms with Gasteiger partial charge in [0.1, 0.15) is 22.8 Å². The first-order valence-corrected chi connectivity index (χ1v) is 10.1. The first-order valence-electron chi connectivity index (χ1n) is 8.16. The molecule has 4 amide bonds. The number of nitrogens with zero attached hydrogens (tertiary/aromatic N) is 3. The molecule has 1 saturated heterocycles. The van der Waals surface area contributed by atoms with Gasteiger partial charge in [0.05, 0.1) is 0 Å². The maximum atomic E-state index is 12.8. The second kappa shape index (κ2) is 8.91. The predicted octanol–water partition coefficient (Wildman–Crippen LogP) is -1.71. The predicted molar refractivity (Wildman–Crippen MR) is 104 cm³/mol. The number of β-lactam (4-membered cyclic amide) rings is 1. The second-order valence-corrected chi connectivity index (χ2v) is 7.77. The van der Waals surface area contributed by atoms with Gasteiger partial charge in [-0.1, -0.05) is 5.16 Å². The number of fused-ring (bicyclic) bond motifs is 1. The summed E-state index contributed by atoms with van der Waals surface area (Å²) in [5, 5.41) is 18.6. The molecule has 0 radical (unpaired) electrons. The van der Waals surface area contributed by atoms with Gasteiger partial charge in [-0.15, -0.1) is 23.1 Å². The summed E-state index contributed by atoms with van der Waals surface area (Å²) in [7, 11) is 0. The number of primary amides is 1. The summed E-state index contributed by atoms with van der Waals surface area (Å²) in [6.45, 7) is -0.595. The smallest absolute Gasteiger partial charge is 0.352 e. The number of nitrogens with one attached hydrogen (secondary N) is 2. The van der Waals surface area contributed by atoms with Crippen molar-refractivity contribution in [1.82, 2.24) is 15.2 Å². The summed E-state index contributed by atoms with van der Waals surface area (Å²) >= 11 is 2.29. The van der Waals surface area contributed by atoms with Crippen molar-refractivity contribution in [3.8, 4) is 0 Å². The van der Waals surface area contributed by atoms with Crippen molar-refractivity contribution < 1.29 is 33.9 Å². The van der Waals surface area contributed by atoms with Crippen LogP contribution in [0.5, 0.6) is 0 Å². The molecule has 1 fully saturated rings. The monoisotopic (exact) mass is 454 g/mol. The molecule has 5 N–H and O–H groups in total. The van der Waals surface area contributed by atoms with Crippen molar-refractivity contribution in [1.29, 1.82) is 0 Å². The number of hydrogen-bond donors (Lipinski definition) is 4. The number of nitrogens with two attached hydrogens (primary N) is 1. The largest absolute Gasteiger partial charge is 0.477 e. The number of carboxylic acids is 1. The van der Waals surface area contributed by atoms with Crippen LogP contribution in [-0.4, -0.2) is 74.6 Å². The summed E-state index contributed by atoms with van der Waals surface area (Å²) in [6, 6.07) is -0.988. The van der Waals surface area contributed by atoms with E-state index in [-0.39, 0.29) is 22.2 Å². The molecule has 13 nitrogen and oxygen atoms in total. The fraction of sp³-hybridized carbons (Fsp3) is 0.267. The topological polar surface area (TPSA) is 193 Å². The quantitative estimate of drug-likeness (QED) is 0.145. The van der Waals surface area contributed by atoms with E-state index in [1.807, 2.05) is 0 Å². The minimum atomic E-state index is -1.24. The van der Waals surface area contributed by atoms with E-state index < -0.39 is 41.7 Å².